The topological polar surface area (TPSA) is 66.4 Å². The van der Waals surface area contributed by atoms with E-state index in [2.05, 4.69) is 0 Å². The highest BCUT2D eigenvalue weighted by atomic mass is 19.4. The first-order chi connectivity index (χ1) is 8.46. The smallest absolute Gasteiger partial charge is 0.471 e. The zero-order valence-corrected chi connectivity index (χ0v) is 9.69. The fourth-order valence-corrected chi connectivity index (χ4v) is 2.04. The molecule has 110 valence electrons. The molecule has 0 aromatic carbocycles. The minimum atomic E-state index is -5.18. The minimum Gasteiger partial charge on any atom is -0.481 e. The molecule has 1 rings (SSSR count). The molecule has 1 aliphatic rings. The monoisotopic (exact) mass is 289 g/mol. The van der Waals surface area contributed by atoms with E-state index in [-0.39, 0.29) is 0 Å². The predicted octanol–water partition coefficient (Wildman–Crippen LogP) is 2.09. The number of alkyl halides is 5. The Labute approximate surface area is 105 Å². The van der Waals surface area contributed by atoms with Gasteiger partial charge >= 0.3 is 18.1 Å². The van der Waals surface area contributed by atoms with Crippen LogP contribution >= 0.6 is 0 Å². The first-order valence-electron chi connectivity index (χ1n) is 5.45. The van der Waals surface area contributed by atoms with Crippen molar-refractivity contribution in [3.8, 4) is 0 Å². The molecule has 0 atom stereocenters. The lowest BCUT2D eigenvalue weighted by Gasteiger charge is -2.39. The molecule has 0 aromatic rings. The highest BCUT2D eigenvalue weighted by molar-refractivity contribution is 5.83. The number of carbonyl (C=O) groups excluding carboxylic acids is 1. The zero-order valence-electron chi connectivity index (χ0n) is 9.69. The van der Waals surface area contributed by atoms with Crippen LogP contribution < -0.4 is 5.32 Å². The van der Waals surface area contributed by atoms with Crippen LogP contribution in [0.4, 0.5) is 22.0 Å². The van der Waals surface area contributed by atoms with Crippen LogP contribution in [0.1, 0.15) is 32.1 Å². The number of carboxylic acid groups (broad SMARTS) is 1. The van der Waals surface area contributed by atoms with Crippen LogP contribution in [0.25, 0.3) is 0 Å². The third kappa shape index (κ3) is 4.32. The molecule has 4 nitrogen and oxygen atoms in total. The lowest BCUT2D eigenvalue weighted by Crippen LogP contribution is -2.56. The number of amides is 1. The molecular formula is C10H12F5NO3. The van der Waals surface area contributed by atoms with Crippen molar-refractivity contribution in [2.45, 2.75) is 49.7 Å². The second-order valence-electron chi connectivity index (χ2n) is 4.66. The van der Waals surface area contributed by atoms with Crippen molar-refractivity contribution >= 4 is 11.9 Å². The molecule has 0 unspecified atom stereocenters. The summed E-state index contributed by atoms with van der Waals surface area (Å²) in [5, 5.41) is 10.2. The maximum Gasteiger partial charge on any atom is 0.471 e. The van der Waals surface area contributed by atoms with E-state index in [9.17, 15) is 31.5 Å². The van der Waals surface area contributed by atoms with Gasteiger partial charge in [-0.1, -0.05) is 0 Å². The van der Waals surface area contributed by atoms with Crippen LogP contribution in [0.5, 0.6) is 0 Å². The van der Waals surface area contributed by atoms with Crippen molar-refractivity contribution in [2.24, 2.45) is 0 Å². The van der Waals surface area contributed by atoms with Crippen LogP contribution in [-0.2, 0) is 9.59 Å². The van der Waals surface area contributed by atoms with Crippen LogP contribution in [0, 0.1) is 0 Å². The molecule has 2 N–H and O–H groups in total. The number of aliphatic carboxylic acids is 1. The van der Waals surface area contributed by atoms with E-state index in [1.165, 1.54) is 0 Å². The first-order valence-corrected chi connectivity index (χ1v) is 5.45. The Bertz CT molecular complexity index is 370. The van der Waals surface area contributed by atoms with E-state index >= 15 is 0 Å². The van der Waals surface area contributed by atoms with Gasteiger partial charge in [-0.2, -0.15) is 13.2 Å². The number of hydrogen-bond donors (Lipinski definition) is 2. The van der Waals surface area contributed by atoms with E-state index in [0.717, 1.165) is 0 Å². The highest BCUT2D eigenvalue weighted by Gasteiger charge is 2.49. The number of hydrogen-bond acceptors (Lipinski definition) is 2. The number of carbonyl (C=O) groups is 2. The average Bonchev–Trinajstić information content (AvgIpc) is 2.20. The SMILES string of the molecule is O=C(O)CC1(NC(=O)C(F)(F)F)CCC(F)(F)CC1. The zero-order chi connectivity index (χ0) is 14.9. The van der Waals surface area contributed by atoms with Crippen molar-refractivity contribution in [1.82, 2.24) is 5.32 Å². The maximum absolute atomic E-state index is 13.0. The summed E-state index contributed by atoms with van der Waals surface area (Å²) in [5.74, 6) is -6.79. The van der Waals surface area contributed by atoms with Crippen LogP contribution in [-0.4, -0.2) is 34.6 Å². The fraction of sp³-hybridized carbons (Fsp3) is 0.800. The van der Waals surface area contributed by atoms with Gasteiger partial charge in [-0.05, 0) is 12.8 Å². The molecule has 1 fully saturated rings. The van der Waals surface area contributed by atoms with Crippen molar-refractivity contribution in [3.63, 3.8) is 0 Å². The second kappa shape index (κ2) is 4.93. The van der Waals surface area contributed by atoms with Gasteiger partial charge < -0.3 is 10.4 Å². The van der Waals surface area contributed by atoms with Gasteiger partial charge in [0.1, 0.15) is 0 Å². The number of carboxylic acids is 1. The number of halogens is 5. The normalized spacial score (nSPS) is 21.7. The molecule has 1 amide bonds. The van der Waals surface area contributed by atoms with Crippen molar-refractivity contribution < 1.29 is 36.6 Å². The summed E-state index contributed by atoms with van der Waals surface area (Å²) in [4.78, 5) is 21.5. The number of nitrogens with one attached hydrogen (secondary N) is 1. The quantitative estimate of drug-likeness (QED) is 0.782. The lowest BCUT2D eigenvalue weighted by atomic mass is 9.77. The summed E-state index contributed by atoms with van der Waals surface area (Å²) in [6.45, 7) is 0. The Balaban J connectivity index is 2.84. The molecule has 0 aliphatic heterocycles. The third-order valence-electron chi connectivity index (χ3n) is 3.06. The summed E-state index contributed by atoms with van der Waals surface area (Å²) in [6.07, 6.45) is -8.50. The molecular weight excluding hydrogens is 277 g/mol. The average molecular weight is 289 g/mol. The second-order valence-corrected chi connectivity index (χ2v) is 4.66. The van der Waals surface area contributed by atoms with E-state index in [4.69, 9.17) is 5.11 Å². The molecule has 0 saturated heterocycles. The number of rotatable bonds is 3. The summed E-state index contributed by atoms with van der Waals surface area (Å²) < 4.78 is 62.4. The lowest BCUT2D eigenvalue weighted by molar-refractivity contribution is -0.177. The molecule has 1 saturated carbocycles. The Hall–Kier alpha value is -1.41. The van der Waals surface area contributed by atoms with Gasteiger partial charge in [0.05, 0.1) is 12.0 Å². The minimum absolute atomic E-state index is 0.506. The van der Waals surface area contributed by atoms with Crippen molar-refractivity contribution in [3.05, 3.63) is 0 Å². The molecule has 0 heterocycles. The third-order valence-corrected chi connectivity index (χ3v) is 3.06. The molecule has 0 spiro atoms. The predicted molar refractivity (Wildman–Crippen MR) is 52.6 cm³/mol. The molecule has 0 bridgehead atoms. The maximum atomic E-state index is 13.0. The molecule has 1 aliphatic carbocycles. The van der Waals surface area contributed by atoms with Gasteiger partial charge in [0.15, 0.2) is 0 Å². The van der Waals surface area contributed by atoms with Crippen LogP contribution in [0.3, 0.4) is 0 Å². The van der Waals surface area contributed by atoms with Crippen LogP contribution in [0.15, 0.2) is 0 Å². The van der Waals surface area contributed by atoms with Gasteiger partial charge in [0.25, 0.3) is 0 Å². The molecule has 0 aromatic heterocycles. The van der Waals surface area contributed by atoms with Gasteiger partial charge in [-0.25, -0.2) is 8.78 Å². The summed E-state index contributed by atoms with van der Waals surface area (Å²) in [7, 11) is 0. The largest absolute Gasteiger partial charge is 0.481 e. The Kier molecular flexibility index (Phi) is 4.06. The van der Waals surface area contributed by atoms with Gasteiger partial charge in [0, 0.05) is 12.8 Å². The molecule has 19 heavy (non-hydrogen) atoms. The van der Waals surface area contributed by atoms with Crippen molar-refractivity contribution in [2.75, 3.05) is 0 Å². The van der Waals surface area contributed by atoms with Crippen LogP contribution in [0.2, 0.25) is 0 Å². The standard InChI is InChI=1S/C10H12F5NO3/c11-9(12)3-1-8(2-4-9,5-6(17)18)16-7(19)10(13,14)15/h1-5H2,(H,16,19)(H,17,18). The summed E-state index contributed by atoms with van der Waals surface area (Å²) in [5.41, 5.74) is -1.76. The highest BCUT2D eigenvalue weighted by Crippen LogP contribution is 2.40. The molecule has 0 radical (unpaired) electrons. The van der Waals surface area contributed by atoms with Gasteiger partial charge in [0.2, 0.25) is 5.92 Å². The van der Waals surface area contributed by atoms with E-state index < -0.39 is 61.6 Å². The van der Waals surface area contributed by atoms with E-state index in [1.807, 2.05) is 0 Å². The van der Waals surface area contributed by atoms with Gasteiger partial charge in [-0.3, -0.25) is 9.59 Å². The summed E-state index contributed by atoms with van der Waals surface area (Å²) in [6, 6.07) is 0. The van der Waals surface area contributed by atoms with E-state index in [1.54, 1.807) is 5.32 Å². The Morgan fingerprint density at radius 1 is 1.11 bits per heavy atom. The summed E-state index contributed by atoms with van der Waals surface area (Å²) >= 11 is 0. The first kappa shape index (κ1) is 15.6. The Morgan fingerprint density at radius 3 is 1.95 bits per heavy atom. The van der Waals surface area contributed by atoms with Gasteiger partial charge in [-0.15, -0.1) is 0 Å². The molecule has 9 heteroatoms. The fourth-order valence-electron chi connectivity index (χ4n) is 2.04. The van der Waals surface area contributed by atoms with E-state index in [0.29, 0.717) is 0 Å². The Morgan fingerprint density at radius 2 is 1.58 bits per heavy atom. The van der Waals surface area contributed by atoms with Crippen molar-refractivity contribution in [1.29, 1.82) is 0 Å².